The molecule has 0 saturated heterocycles. The zero-order valence-corrected chi connectivity index (χ0v) is 14.1. The molecule has 1 amide bonds. The minimum Gasteiger partial charge on any atom is -0.493 e. The van der Waals surface area contributed by atoms with Crippen LogP contribution in [0, 0.1) is 0 Å². The first-order chi connectivity index (χ1) is 10.3. The highest BCUT2D eigenvalue weighted by Gasteiger charge is 2.15. The zero-order valence-electron chi connectivity index (χ0n) is 13.3. The summed E-state index contributed by atoms with van der Waals surface area (Å²) in [7, 11) is 2.60. The Morgan fingerprint density at radius 2 is 1.82 bits per heavy atom. The summed E-state index contributed by atoms with van der Waals surface area (Å²) in [4.78, 5) is 11.7. The summed E-state index contributed by atoms with van der Waals surface area (Å²) < 4.78 is 34.6. The minimum absolute atomic E-state index is 0.0756. The maximum Gasteiger partial charge on any atom is 0.221 e. The summed E-state index contributed by atoms with van der Waals surface area (Å²) in [6.07, 6.45) is -0.0756. The van der Waals surface area contributed by atoms with E-state index in [2.05, 4.69) is 5.32 Å². The largest absolute Gasteiger partial charge is 0.493 e. The fourth-order valence-electron chi connectivity index (χ4n) is 1.68. The Morgan fingerprint density at radius 3 is 2.36 bits per heavy atom. The van der Waals surface area contributed by atoms with Crippen LogP contribution in [0.4, 0.5) is 0 Å². The first kappa shape index (κ1) is 18.2. The smallest absolute Gasteiger partial charge is 0.221 e. The monoisotopic (exact) mass is 330 g/mol. The van der Waals surface area contributed by atoms with Crippen molar-refractivity contribution in [2.24, 2.45) is 0 Å². The number of amides is 1. The van der Waals surface area contributed by atoms with Gasteiger partial charge in [0.2, 0.25) is 15.9 Å². The lowest BCUT2D eigenvalue weighted by atomic mass is 10.2. The van der Waals surface area contributed by atoms with Gasteiger partial charge in [-0.3, -0.25) is 4.79 Å². The van der Waals surface area contributed by atoms with E-state index in [1.807, 2.05) is 0 Å². The lowest BCUT2D eigenvalue weighted by Gasteiger charge is -2.12. The number of hydrogen-bond acceptors (Lipinski definition) is 5. The quantitative estimate of drug-likeness (QED) is 0.754. The van der Waals surface area contributed by atoms with Gasteiger partial charge in [-0.1, -0.05) is 6.07 Å². The van der Waals surface area contributed by atoms with Crippen LogP contribution in [0.15, 0.2) is 18.2 Å². The first-order valence-corrected chi connectivity index (χ1v) is 8.29. The van der Waals surface area contributed by atoms with Crippen LogP contribution in [0.1, 0.15) is 12.0 Å². The predicted molar refractivity (Wildman–Crippen MR) is 83.5 cm³/mol. The normalized spacial score (nSPS) is 11.3. The van der Waals surface area contributed by atoms with Crippen LogP contribution in [0.25, 0.3) is 0 Å². The Labute approximate surface area is 131 Å². The van der Waals surface area contributed by atoms with Gasteiger partial charge >= 0.3 is 0 Å². The Bertz CT molecular complexity index is 614. The van der Waals surface area contributed by atoms with Crippen LogP contribution < -0.4 is 14.8 Å². The Morgan fingerprint density at radius 1 is 1.18 bits per heavy atom. The molecule has 0 radical (unpaired) electrons. The van der Waals surface area contributed by atoms with E-state index in [0.717, 1.165) is 9.87 Å². The maximum atomic E-state index is 11.7. The van der Waals surface area contributed by atoms with E-state index in [9.17, 15) is 13.2 Å². The zero-order chi connectivity index (χ0) is 16.8. The third kappa shape index (κ3) is 5.19. The second-order valence-electron chi connectivity index (χ2n) is 4.81. The highest BCUT2D eigenvalue weighted by molar-refractivity contribution is 7.89. The molecule has 0 bridgehead atoms. The average Bonchev–Trinajstić information content (AvgIpc) is 2.50. The van der Waals surface area contributed by atoms with Crippen LogP contribution in [0.3, 0.4) is 0 Å². The van der Waals surface area contributed by atoms with Gasteiger partial charge in [0.15, 0.2) is 11.5 Å². The Balaban J connectivity index is 2.54. The van der Waals surface area contributed by atoms with Crippen molar-refractivity contribution < 1.29 is 22.7 Å². The first-order valence-electron chi connectivity index (χ1n) is 6.68. The number of nitrogens with one attached hydrogen (secondary N) is 1. The third-order valence-corrected chi connectivity index (χ3v) is 4.91. The van der Waals surface area contributed by atoms with Crippen molar-refractivity contribution in [3.05, 3.63) is 23.8 Å². The lowest BCUT2D eigenvalue weighted by Crippen LogP contribution is -2.30. The molecular weight excluding hydrogens is 308 g/mol. The van der Waals surface area contributed by atoms with Gasteiger partial charge in [-0.2, -0.15) is 0 Å². The molecule has 1 aromatic carbocycles. The van der Waals surface area contributed by atoms with Crippen molar-refractivity contribution >= 4 is 15.9 Å². The Hall–Kier alpha value is -1.80. The van der Waals surface area contributed by atoms with Crippen LogP contribution in [-0.4, -0.2) is 52.7 Å². The van der Waals surface area contributed by atoms with Crippen molar-refractivity contribution in [1.82, 2.24) is 9.62 Å². The van der Waals surface area contributed by atoms with Gasteiger partial charge in [0, 0.05) is 27.1 Å². The van der Waals surface area contributed by atoms with Crippen LogP contribution in [0.5, 0.6) is 11.5 Å². The standard InChI is InChI=1S/C14H22N2O5S/c1-16(2)22(18,19)8-7-14(17)15-10-11-5-6-12(20-3)13(9-11)21-4/h5-6,9H,7-8,10H2,1-4H3,(H,15,17). The van der Waals surface area contributed by atoms with Crippen LogP contribution in [0.2, 0.25) is 0 Å². The second-order valence-corrected chi connectivity index (χ2v) is 7.12. The average molecular weight is 330 g/mol. The van der Waals surface area contributed by atoms with E-state index < -0.39 is 10.0 Å². The summed E-state index contributed by atoms with van der Waals surface area (Å²) in [5.74, 6) is 0.650. The van der Waals surface area contributed by atoms with Gasteiger partial charge in [0.1, 0.15) is 0 Å². The number of ether oxygens (including phenoxy) is 2. The van der Waals surface area contributed by atoms with Crippen molar-refractivity contribution in [2.45, 2.75) is 13.0 Å². The van der Waals surface area contributed by atoms with Crippen molar-refractivity contribution in [3.63, 3.8) is 0 Å². The molecule has 0 heterocycles. The molecule has 0 aliphatic rings. The summed E-state index contributed by atoms with van der Waals surface area (Å²) >= 11 is 0. The molecule has 0 aliphatic heterocycles. The molecule has 0 aliphatic carbocycles. The van der Waals surface area contributed by atoms with Gasteiger partial charge in [0.25, 0.3) is 0 Å². The van der Waals surface area contributed by atoms with E-state index in [1.165, 1.54) is 21.2 Å². The maximum absolute atomic E-state index is 11.7. The molecule has 8 heteroatoms. The summed E-state index contributed by atoms with van der Waals surface area (Å²) in [5.41, 5.74) is 0.835. The number of rotatable bonds is 8. The summed E-state index contributed by atoms with van der Waals surface area (Å²) in [6.45, 7) is 0.293. The lowest BCUT2D eigenvalue weighted by molar-refractivity contribution is -0.120. The highest BCUT2D eigenvalue weighted by Crippen LogP contribution is 2.27. The molecule has 0 atom stereocenters. The van der Waals surface area contributed by atoms with E-state index in [0.29, 0.717) is 18.0 Å². The third-order valence-electron chi connectivity index (χ3n) is 3.08. The molecule has 124 valence electrons. The Kier molecular flexibility index (Phi) is 6.63. The van der Waals surface area contributed by atoms with E-state index in [-0.39, 0.29) is 18.1 Å². The minimum atomic E-state index is -3.36. The number of sulfonamides is 1. The molecule has 1 rings (SSSR count). The van der Waals surface area contributed by atoms with Crippen molar-refractivity contribution in [1.29, 1.82) is 0 Å². The molecule has 0 spiro atoms. The molecule has 1 N–H and O–H groups in total. The fraction of sp³-hybridized carbons (Fsp3) is 0.500. The van der Waals surface area contributed by atoms with Gasteiger partial charge in [-0.25, -0.2) is 12.7 Å². The topological polar surface area (TPSA) is 84.9 Å². The summed E-state index contributed by atoms with van der Waals surface area (Å²) in [5, 5.41) is 2.68. The number of hydrogen-bond donors (Lipinski definition) is 1. The molecule has 22 heavy (non-hydrogen) atoms. The predicted octanol–water partition coefficient (Wildman–Crippen LogP) is 0.602. The van der Waals surface area contributed by atoms with Gasteiger partial charge in [-0.05, 0) is 17.7 Å². The van der Waals surface area contributed by atoms with Gasteiger partial charge in [-0.15, -0.1) is 0 Å². The highest BCUT2D eigenvalue weighted by atomic mass is 32.2. The molecule has 0 aromatic heterocycles. The van der Waals surface area contributed by atoms with E-state index >= 15 is 0 Å². The number of benzene rings is 1. The molecule has 1 aromatic rings. The molecular formula is C14H22N2O5S. The van der Waals surface area contributed by atoms with E-state index in [1.54, 1.807) is 25.3 Å². The van der Waals surface area contributed by atoms with Crippen LogP contribution >= 0.6 is 0 Å². The number of methoxy groups -OCH3 is 2. The molecule has 0 unspecified atom stereocenters. The van der Waals surface area contributed by atoms with Crippen molar-refractivity contribution in [2.75, 3.05) is 34.1 Å². The van der Waals surface area contributed by atoms with E-state index in [4.69, 9.17) is 9.47 Å². The second kappa shape index (κ2) is 8.00. The fourth-order valence-corrected chi connectivity index (χ4v) is 2.49. The number of nitrogens with zero attached hydrogens (tertiary/aromatic N) is 1. The van der Waals surface area contributed by atoms with Gasteiger partial charge < -0.3 is 14.8 Å². The van der Waals surface area contributed by atoms with Crippen molar-refractivity contribution in [3.8, 4) is 11.5 Å². The van der Waals surface area contributed by atoms with Crippen LogP contribution in [-0.2, 0) is 21.4 Å². The molecule has 0 saturated carbocycles. The number of carbonyl (C=O) groups excluding carboxylic acids is 1. The SMILES string of the molecule is COc1ccc(CNC(=O)CCS(=O)(=O)N(C)C)cc1OC. The summed E-state index contributed by atoms with van der Waals surface area (Å²) in [6, 6.07) is 5.31. The molecule has 0 fully saturated rings. The van der Waals surface area contributed by atoms with Gasteiger partial charge in [0.05, 0.1) is 20.0 Å². The number of carbonyl (C=O) groups is 1. The molecule has 7 nitrogen and oxygen atoms in total.